The number of nitrogens with zero attached hydrogens (tertiary/aromatic N) is 3. The fraction of sp³-hybridized carbons (Fsp3) is 0. The molecule has 0 spiro atoms. The van der Waals surface area contributed by atoms with Crippen LogP contribution < -0.4 is 5.32 Å². The molecule has 0 amide bonds. The average Bonchev–Trinajstić information content (AvgIpc) is 3.57. The molecule has 0 saturated heterocycles. The van der Waals surface area contributed by atoms with Crippen LogP contribution in [-0.2, 0) is 0 Å². The molecule has 0 unspecified atom stereocenters. The van der Waals surface area contributed by atoms with Gasteiger partial charge in [-0.3, -0.25) is 4.57 Å². The van der Waals surface area contributed by atoms with E-state index in [9.17, 15) is 0 Å². The topological polar surface area (TPSA) is 58.6 Å². The molecule has 204 valence electrons. The summed E-state index contributed by atoms with van der Waals surface area (Å²) in [4.78, 5) is 4.87. The minimum Gasteiger partial charge on any atom is -0.362 e. The normalized spacial score (nSPS) is 11.7. The molecule has 5 nitrogen and oxygen atoms in total. The third kappa shape index (κ3) is 4.10. The Morgan fingerprint density at radius 3 is 1.98 bits per heavy atom. The summed E-state index contributed by atoms with van der Waals surface area (Å²) in [6.45, 7) is 0. The van der Waals surface area contributed by atoms with E-state index in [-0.39, 0.29) is 0 Å². The van der Waals surface area contributed by atoms with Crippen molar-refractivity contribution < 1.29 is 0 Å². The number of hydrogen-bond acceptors (Lipinski definition) is 3. The van der Waals surface area contributed by atoms with Crippen LogP contribution in [-0.4, -0.2) is 20.3 Å². The summed E-state index contributed by atoms with van der Waals surface area (Å²) in [5.74, 6) is 0.886. The monoisotopic (exact) mass is 553 g/mol. The third-order valence-electron chi connectivity index (χ3n) is 8.11. The Morgan fingerprint density at radius 2 is 1.21 bits per heavy atom. The number of anilines is 1. The Labute approximate surface area is 248 Å². The molecular formula is C38H27N5. The molecule has 2 N–H and O–H groups in total. The summed E-state index contributed by atoms with van der Waals surface area (Å²) in [6.07, 6.45) is 6.62. The molecule has 43 heavy (non-hydrogen) atoms. The largest absolute Gasteiger partial charge is 0.362 e. The Hall–Kier alpha value is -5.94. The fourth-order valence-electron chi connectivity index (χ4n) is 6.23. The van der Waals surface area contributed by atoms with Crippen molar-refractivity contribution in [1.29, 1.82) is 5.41 Å². The molecule has 0 bridgehead atoms. The zero-order chi connectivity index (χ0) is 28.8. The second kappa shape index (κ2) is 10.2. The van der Waals surface area contributed by atoms with E-state index in [1.54, 1.807) is 12.3 Å². The van der Waals surface area contributed by atoms with Gasteiger partial charge in [0.15, 0.2) is 0 Å². The van der Waals surface area contributed by atoms with Gasteiger partial charge in [-0.15, -0.1) is 0 Å². The standard InChI is InChI=1S/C38H27N5/c39-20-8-21-40-28-15-17-32-30-11-4-6-13-34(30)42(36(32)24-28)29-16-18-33-31-12-5-7-14-35(31)43(37(33)25-29)38-23-27(19-22-41-38)26-9-2-1-3-10-26/h1-25,39-40H/b21-8-,39-20?. The van der Waals surface area contributed by atoms with E-state index in [1.807, 2.05) is 12.3 Å². The minimum atomic E-state index is 0.886. The van der Waals surface area contributed by atoms with Crippen LogP contribution in [0.4, 0.5) is 5.69 Å². The highest BCUT2D eigenvalue weighted by Gasteiger charge is 2.17. The molecule has 3 heterocycles. The Morgan fingerprint density at radius 1 is 0.558 bits per heavy atom. The highest BCUT2D eigenvalue weighted by atomic mass is 15.1. The second-order valence-electron chi connectivity index (χ2n) is 10.6. The number of aromatic nitrogens is 3. The molecule has 0 saturated carbocycles. The maximum atomic E-state index is 7.30. The highest BCUT2D eigenvalue weighted by Crippen LogP contribution is 2.37. The molecule has 5 heteroatoms. The summed E-state index contributed by atoms with van der Waals surface area (Å²) >= 11 is 0. The number of benzene rings is 5. The van der Waals surface area contributed by atoms with E-state index < -0.39 is 0 Å². The molecule has 0 aliphatic carbocycles. The van der Waals surface area contributed by atoms with Gasteiger partial charge in [-0.1, -0.05) is 78.9 Å². The van der Waals surface area contributed by atoms with Crippen molar-refractivity contribution in [1.82, 2.24) is 14.1 Å². The van der Waals surface area contributed by atoms with Gasteiger partial charge in [-0.05, 0) is 65.7 Å². The van der Waals surface area contributed by atoms with Crippen molar-refractivity contribution in [3.63, 3.8) is 0 Å². The van der Waals surface area contributed by atoms with E-state index in [0.717, 1.165) is 50.4 Å². The first-order valence-electron chi connectivity index (χ1n) is 14.3. The Kier molecular flexibility index (Phi) is 5.86. The lowest BCUT2D eigenvalue weighted by atomic mass is 10.1. The van der Waals surface area contributed by atoms with Gasteiger partial charge in [0.2, 0.25) is 0 Å². The van der Waals surface area contributed by atoms with Crippen LogP contribution in [0.25, 0.3) is 66.2 Å². The SMILES string of the molecule is N=C/C=C\Nc1ccc2c3ccccc3n(-c3ccc4c5ccccc5n(-c5cc(-c6ccccc6)ccn5)c4c3)c2c1. The Bertz CT molecular complexity index is 2340. The molecule has 8 rings (SSSR count). The van der Waals surface area contributed by atoms with Crippen molar-refractivity contribution in [2.45, 2.75) is 0 Å². The van der Waals surface area contributed by atoms with Gasteiger partial charge < -0.3 is 15.3 Å². The number of nitrogens with one attached hydrogen (secondary N) is 2. The van der Waals surface area contributed by atoms with E-state index >= 15 is 0 Å². The molecule has 0 radical (unpaired) electrons. The first-order valence-corrected chi connectivity index (χ1v) is 14.3. The number of allylic oxidation sites excluding steroid dienone is 1. The lowest BCUT2D eigenvalue weighted by Gasteiger charge is -2.12. The van der Waals surface area contributed by atoms with Crippen molar-refractivity contribution in [2.24, 2.45) is 0 Å². The van der Waals surface area contributed by atoms with Crippen LogP contribution >= 0.6 is 0 Å². The van der Waals surface area contributed by atoms with Gasteiger partial charge in [0.1, 0.15) is 5.82 Å². The van der Waals surface area contributed by atoms with Crippen molar-refractivity contribution in [3.8, 4) is 22.6 Å². The predicted octanol–water partition coefficient (Wildman–Crippen LogP) is 9.52. The number of rotatable bonds is 6. The first-order chi connectivity index (χ1) is 21.3. The number of hydrogen-bond donors (Lipinski definition) is 2. The second-order valence-corrected chi connectivity index (χ2v) is 10.6. The number of para-hydroxylation sites is 2. The van der Waals surface area contributed by atoms with E-state index in [4.69, 9.17) is 10.4 Å². The minimum absolute atomic E-state index is 0.886. The maximum Gasteiger partial charge on any atom is 0.138 e. The lowest BCUT2D eigenvalue weighted by molar-refractivity contribution is 1.08. The van der Waals surface area contributed by atoms with Crippen LogP contribution in [0.1, 0.15) is 0 Å². The van der Waals surface area contributed by atoms with Gasteiger partial charge in [-0.25, -0.2) is 4.98 Å². The molecule has 0 fully saturated rings. The lowest BCUT2D eigenvalue weighted by Crippen LogP contribution is -1.99. The van der Waals surface area contributed by atoms with E-state index in [0.29, 0.717) is 0 Å². The van der Waals surface area contributed by atoms with Gasteiger partial charge >= 0.3 is 0 Å². The van der Waals surface area contributed by atoms with Crippen LogP contribution in [0, 0.1) is 5.41 Å². The third-order valence-corrected chi connectivity index (χ3v) is 8.11. The van der Waals surface area contributed by atoms with Crippen molar-refractivity contribution >= 4 is 55.5 Å². The van der Waals surface area contributed by atoms with Gasteiger partial charge in [0.05, 0.1) is 22.1 Å². The molecular weight excluding hydrogens is 526 g/mol. The van der Waals surface area contributed by atoms with Gasteiger partial charge in [0, 0.05) is 51.5 Å². The fourth-order valence-corrected chi connectivity index (χ4v) is 6.23. The zero-order valence-electron chi connectivity index (χ0n) is 23.3. The molecule has 0 aliphatic heterocycles. The smallest absolute Gasteiger partial charge is 0.138 e. The van der Waals surface area contributed by atoms with E-state index in [1.165, 1.54) is 27.8 Å². The summed E-state index contributed by atoms with van der Waals surface area (Å²) in [7, 11) is 0. The number of pyridine rings is 1. The summed E-state index contributed by atoms with van der Waals surface area (Å²) in [6, 6.07) is 45.0. The maximum absolute atomic E-state index is 7.30. The summed E-state index contributed by atoms with van der Waals surface area (Å²) in [5.41, 5.74) is 8.83. The molecule has 8 aromatic rings. The molecule has 0 atom stereocenters. The molecule has 0 aliphatic rings. The average molecular weight is 554 g/mol. The van der Waals surface area contributed by atoms with Crippen LogP contribution in [0.15, 0.2) is 146 Å². The van der Waals surface area contributed by atoms with Crippen LogP contribution in [0.3, 0.4) is 0 Å². The van der Waals surface area contributed by atoms with Crippen molar-refractivity contribution in [2.75, 3.05) is 5.32 Å². The summed E-state index contributed by atoms with van der Waals surface area (Å²) < 4.78 is 4.62. The first kappa shape index (κ1) is 24.8. The van der Waals surface area contributed by atoms with Crippen LogP contribution in [0.5, 0.6) is 0 Å². The molecule has 3 aromatic heterocycles. The van der Waals surface area contributed by atoms with Gasteiger partial charge in [0.25, 0.3) is 0 Å². The van der Waals surface area contributed by atoms with E-state index in [2.05, 4.69) is 136 Å². The zero-order valence-corrected chi connectivity index (χ0v) is 23.3. The quantitative estimate of drug-likeness (QED) is 0.201. The van der Waals surface area contributed by atoms with Crippen LogP contribution in [0.2, 0.25) is 0 Å². The molecule has 5 aromatic carbocycles. The Balaban J connectivity index is 1.39. The number of fused-ring (bicyclic) bond motifs is 6. The predicted molar refractivity (Wildman–Crippen MR) is 180 cm³/mol. The van der Waals surface area contributed by atoms with Crippen molar-refractivity contribution in [3.05, 3.63) is 146 Å². The summed E-state index contributed by atoms with van der Waals surface area (Å²) in [5, 5.41) is 15.4. The highest BCUT2D eigenvalue weighted by molar-refractivity contribution is 6.12. The van der Waals surface area contributed by atoms with Gasteiger partial charge in [-0.2, -0.15) is 0 Å².